The minimum absolute atomic E-state index is 0.0556. The van der Waals surface area contributed by atoms with Gasteiger partial charge in [0.05, 0.1) is 7.57 Å². The van der Waals surface area contributed by atoms with Crippen LogP contribution in [0.1, 0.15) is 128 Å². The summed E-state index contributed by atoms with van der Waals surface area (Å²) in [7, 11) is 0. The molecule has 0 saturated carbocycles. The lowest BCUT2D eigenvalue weighted by Crippen LogP contribution is -2.10. The molecule has 0 radical (unpaired) electrons. The van der Waals surface area contributed by atoms with E-state index in [2.05, 4.69) is 51.1 Å². The number of rotatable bonds is 16. The van der Waals surface area contributed by atoms with Crippen molar-refractivity contribution in [1.82, 2.24) is 0 Å². The Hall–Kier alpha value is -0.700. The van der Waals surface area contributed by atoms with Gasteiger partial charge in [0.2, 0.25) is 0 Å². The molecule has 2 unspecified atom stereocenters. The minimum Gasteiger partial charge on any atom is -0.457 e. The van der Waals surface area contributed by atoms with Gasteiger partial charge in [-0.05, 0) is 80.4 Å². The minimum atomic E-state index is -0.143. The molecule has 36 heavy (non-hydrogen) atoms. The van der Waals surface area contributed by atoms with Crippen molar-refractivity contribution < 1.29 is 19.1 Å². The Balaban J connectivity index is 0.000000362. The van der Waals surface area contributed by atoms with Gasteiger partial charge in [-0.25, -0.2) is 0 Å². The highest BCUT2D eigenvalue weighted by Crippen LogP contribution is 2.38. The number of hydrogen-bond donors (Lipinski definition) is 0. The predicted octanol–water partition coefficient (Wildman–Crippen LogP) is 11.0. The van der Waals surface area contributed by atoms with E-state index in [0.717, 1.165) is 57.2 Å². The zero-order valence-corrected chi connectivity index (χ0v) is 27.0. The third-order valence-electron chi connectivity index (χ3n) is 5.70. The Labute approximate surface area is 242 Å². The molecule has 0 N–H and O–H groups in total. The summed E-state index contributed by atoms with van der Waals surface area (Å²) in [5.41, 5.74) is 2.18. The van der Waals surface area contributed by atoms with E-state index in [-0.39, 0.29) is 24.1 Å². The average molecular weight is 667 g/mol. The van der Waals surface area contributed by atoms with Crippen molar-refractivity contribution in [2.24, 2.45) is 0 Å². The molecule has 2 atom stereocenters. The van der Waals surface area contributed by atoms with Gasteiger partial charge < -0.3 is 9.47 Å². The molecule has 2 heterocycles. The Kier molecular flexibility index (Phi) is 18.8. The van der Waals surface area contributed by atoms with Gasteiger partial charge in [-0.1, -0.05) is 66.2 Å². The summed E-state index contributed by atoms with van der Waals surface area (Å²) in [6.07, 6.45) is 11.4. The first-order chi connectivity index (χ1) is 17.4. The highest BCUT2D eigenvalue weighted by atomic mass is 79.9. The fraction of sp³-hybridized carbons (Fsp3) is 0.643. The standard InChI is InChI=1S/C14H20Br2O2S.C14H22O2S/c1-3-5-6-7-8-13(17)18-11(4-2)10-9-12(15)19-14(10)16;1-3-5-6-7-8-14(15)16-13(4-2)12-9-10-17-11-12/h9,11H,3-8H2,1-2H3;9-11,13H,3-8H2,1-2H3. The van der Waals surface area contributed by atoms with Crippen molar-refractivity contribution in [1.29, 1.82) is 0 Å². The lowest BCUT2D eigenvalue weighted by atomic mass is 10.1. The van der Waals surface area contributed by atoms with Crippen LogP contribution in [0.4, 0.5) is 0 Å². The van der Waals surface area contributed by atoms with Crippen molar-refractivity contribution in [3.05, 3.63) is 41.6 Å². The van der Waals surface area contributed by atoms with Crippen molar-refractivity contribution in [3.63, 3.8) is 0 Å². The second kappa shape index (κ2) is 20.3. The second-order valence-electron chi connectivity index (χ2n) is 8.73. The summed E-state index contributed by atoms with van der Waals surface area (Å²) >= 11 is 10.2. The normalized spacial score (nSPS) is 12.4. The molecule has 2 aromatic rings. The number of carbonyl (C=O) groups excluding carboxylic acids is 2. The van der Waals surface area contributed by atoms with Gasteiger partial charge in [0.1, 0.15) is 12.2 Å². The molecule has 2 aromatic heterocycles. The van der Waals surface area contributed by atoms with Crippen molar-refractivity contribution in [2.45, 2.75) is 117 Å². The topological polar surface area (TPSA) is 52.6 Å². The highest BCUT2D eigenvalue weighted by molar-refractivity contribution is 9.12. The number of esters is 2. The zero-order chi connectivity index (χ0) is 26.8. The quantitative estimate of drug-likeness (QED) is 0.132. The summed E-state index contributed by atoms with van der Waals surface area (Å²) in [6.45, 7) is 8.42. The number of hydrogen-bond acceptors (Lipinski definition) is 6. The van der Waals surface area contributed by atoms with E-state index >= 15 is 0 Å². The van der Waals surface area contributed by atoms with Crippen LogP contribution in [-0.2, 0) is 19.1 Å². The molecule has 0 amide bonds. The van der Waals surface area contributed by atoms with E-state index in [1.165, 1.54) is 25.7 Å². The molecule has 0 aromatic carbocycles. The van der Waals surface area contributed by atoms with Gasteiger partial charge in [-0.3, -0.25) is 9.59 Å². The maximum absolute atomic E-state index is 11.8. The van der Waals surface area contributed by atoms with Crippen molar-refractivity contribution in [2.75, 3.05) is 0 Å². The van der Waals surface area contributed by atoms with E-state index in [9.17, 15) is 9.59 Å². The van der Waals surface area contributed by atoms with Crippen LogP contribution in [0.2, 0.25) is 0 Å². The predicted molar refractivity (Wildman–Crippen MR) is 160 cm³/mol. The van der Waals surface area contributed by atoms with Gasteiger partial charge >= 0.3 is 11.9 Å². The van der Waals surface area contributed by atoms with Gasteiger partial charge in [0, 0.05) is 24.0 Å². The molecule has 8 heteroatoms. The molecule has 2 rings (SSSR count). The van der Waals surface area contributed by atoms with E-state index in [1.807, 2.05) is 31.4 Å². The number of carbonyl (C=O) groups is 2. The molecule has 0 aliphatic heterocycles. The van der Waals surface area contributed by atoms with Gasteiger partial charge in [-0.15, -0.1) is 11.3 Å². The zero-order valence-electron chi connectivity index (χ0n) is 22.2. The summed E-state index contributed by atoms with van der Waals surface area (Å²) in [4.78, 5) is 23.5. The Morgan fingerprint density at radius 1 is 0.833 bits per heavy atom. The molecule has 0 bridgehead atoms. The summed E-state index contributed by atoms with van der Waals surface area (Å²) < 4.78 is 13.1. The molecular formula is C28H42Br2O4S2. The van der Waals surface area contributed by atoms with E-state index in [1.54, 1.807) is 22.7 Å². The largest absolute Gasteiger partial charge is 0.457 e. The third kappa shape index (κ3) is 13.7. The highest BCUT2D eigenvalue weighted by Gasteiger charge is 2.19. The summed E-state index contributed by atoms with van der Waals surface area (Å²) in [5.74, 6) is -0.142. The van der Waals surface area contributed by atoms with Crippen molar-refractivity contribution >= 4 is 66.5 Å². The SMILES string of the molecule is CCCCCCC(=O)OC(CC)c1cc(Br)sc1Br.CCCCCCC(=O)OC(CC)c1ccsc1. The summed E-state index contributed by atoms with van der Waals surface area (Å²) in [6, 6.07) is 4.05. The van der Waals surface area contributed by atoms with Crippen LogP contribution in [0.5, 0.6) is 0 Å². The fourth-order valence-electron chi connectivity index (χ4n) is 3.61. The Morgan fingerprint density at radius 2 is 1.39 bits per heavy atom. The van der Waals surface area contributed by atoms with Crippen LogP contribution >= 0.6 is 54.5 Å². The van der Waals surface area contributed by atoms with Crippen LogP contribution in [0, 0.1) is 0 Å². The van der Waals surface area contributed by atoms with Crippen LogP contribution in [0.25, 0.3) is 0 Å². The van der Waals surface area contributed by atoms with E-state index < -0.39 is 0 Å². The molecular weight excluding hydrogens is 624 g/mol. The summed E-state index contributed by atoms with van der Waals surface area (Å²) in [5, 5.41) is 4.08. The number of halogens is 2. The van der Waals surface area contributed by atoms with Gasteiger partial charge in [-0.2, -0.15) is 11.3 Å². The number of unbranched alkanes of at least 4 members (excludes halogenated alkanes) is 6. The van der Waals surface area contributed by atoms with Crippen LogP contribution < -0.4 is 0 Å². The third-order valence-corrected chi connectivity index (χ3v) is 8.79. The lowest BCUT2D eigenvalue weighted by molar-refractivity contribution is -0.150. The molecule has 0 fully saturated rings. The number of ether oxygens (including phenoxy) is 2. The maximum Gasteiger partial charge on any atom is 0.306 e. The second-order valence-corrected chi connectivity index (χ2v) is 13.3. The molecule has 0 saturated heterocycles. The number of thiophene rings is 2. The van der Waals surface area contributed by atoms with Crippen LogP contribution in [-0.4, -0.2) is 11.9 Å². The van der Waals surface area contributed by atoms with Crippen molar-refractivity contribution in [3.8, 4) is 0 Å². The average Bonchev–Trinajstić information content (AvgIpc) is 3.51. The van der Waals surface area contributed by atoms with Gasteiger partial charge in [0.25, 0.3) is 0 Å². The monoisotopic (exact) mass is 664 g/mol. The molecule has 0 spiro atoms. The smallest absolute Gasteiger partial charge is 0.306 e. The van der Waals surface area contributed by atoms with Gasteiger partial charge in [0.15, 0.2) is 0 Å². The fourth-order valence-corrected chi connectivity index (χ4v) is 7.26. The Morgan fingerprint density at radius 3 is 1.81 bits per heavy atom. The molecule has 0 aliphatic carbocycles. The van der Waals surface area contributed by atoms with Crippen LogP contribution in [0.15, 0.2) is 30.5 Å². The maximum atomic E-state index is 11.8. The lowest BCUT2D eigenvalue weighted by Gasteiger charge is -2.15. The molecule has 204 valence electrons. The first-order valence-corrected chi connectivity index (χ1v) is 16.6. The molecule has 4 nitrogen and oxygen atoms in total. The van der Waals surface area contributed by atoms with Crippen LogP contribution in [0.3, 0.4) is 0 Å². The van der Waals surface area contributed by atoms with E-state index in [0.29, 0.717) is 12.8 Å². The first-order valence-electron chi connectivity index (χ1n) is 13.2. The molecule has 0 aliphatic rings. The Bertz CT molecular complexity index is 852. The van der Waals surface area contributed by atoms with E-state index in [4.69, 9.17) is 9.47 Å². The first kappa shape index (κ1) is 33.3.